The molecule has 1 saturated heterocycles. The number of aromatic nitrogens is 3. The first-order valence-corrected chi connectivity index (χ1v) is 13.6. The standard InChI is InChI=1S/C29H33ClFN5O3/c1-17-11-20(18-6-9-36(10-7-18)16-22(37)14-31)13-24-27(17)35-28(34-24)26-23(5-8-32-29(26)39)33-15-25(38)19-3-2-4-21(30)12-19/h2-5,8,11-13,18,22,25,37-38H,6-7,9-10,14-16H2,1H3,(H,34,35)(H2,32,33,39)/t22?,25-/m1/s1. The molecule has 0 radical (unpaired) electrons. The van der Waals surface area contributed by atoms with Gasteiger partial charge >= 0.3 is 0 Å². The lowest BCUT2D eigenvalue weighted by Crippen LogP contribution is -2.39. The van der Waals surface area contributed by atoms with Crippen molar-refractivity contribution in [3.63, 3.8) is 0 Å². The maximum absolute atomic E-state index is 12.9. The maximum atomic E-state index is 12.9. The number of β-amino-alcohol motifs (C(OH)–C–C–N with tert-alkyl or cyclic N) is 1. The summed E-state index contributed by atoms with van der Waals surface area (Å²) in [5, 5.41) is 24.0. The van der Waals surface area contributed by atoms with E-state index in [2.05, 4.69) is 32.3 Å². The average molecular weight is 554 g/mol. The fourth-order valence-corrected chi connectivity index (χ4v) is 5.57. The largest absolute Gasteiger partial charge is 0.389 e. The van der Waals surface area contributed by atoms with E-state index in [0.29, 0.717) is 40.1 Å². The molecular weight excluding hydrogens is 521 g/mol. The Bertz CT molecular complexity index is 1500. The monoisotopic (exact) mass is 553 g/mol. The number of pyridine rings is 1. The van der Waals surface area contributed by atoms with Crippen LogP contribution in [0.2, 0.25) is 5.02 Å². The molecule has 0 saturated carbocycles. The molecule has 5 N–H and O–H groups in total. The summed E-state index contributed by atoms with van der Waals surface area (Å²) < 4.78 is 12.7. The Labute approximate surface area is 230 Å². The van der Waals surface area contributed by atoms with Gasteiger partial charge in [-0.2, -0.15) is 0 Å². The number of aromatic amines is 2. The number of rotatable bonds is 9. The smallest absolute Gasteiger partial charge is 0.261 e. The number of benzene rings is 2. The molecule has 2 aromatic heterocycles. The number of piperidine rings is 1. The number of hydrogen-bond acceptors (Lipinski definition) is 6. The van der Waals surface area contributed by atoms with Gasteiger partial charge in [-0.3, -0.25) is 4.79 Å². The quantitative estimate of drug-likeness (QED) is 0.208. The van der Waals surface area contributed by atoms with Crippen molar-refractivity contribution in [3.05, 3.63) is 80.7 Å². The van der Waals surface area contributed by atoms with Crippen LogP contribution in [0, 0.1) is 6.92 Å². The fraction of sp³-hybridized carbons (Fsp3) is 0.379. The molecule has 0 bridgehead atoms. The minimum absolute atomic E-state index is 0.182. The van der Waals surface area contributed by atoms with E-state index in [-0.39, 0.29) is 12.1 Å². The third kappa shape index (κ3) is 6.17. The molecule has 1 unspecified atom stereocenters. The molecule has 1 aliphatic rings. The molecule has 0 amide bonds. The van der Waals surface area contributed by atoms with Crippen molar-refractivity contribution in [1.29, 1.82) is 0 Å². The molecule has 2 aromatic carbocycles. The molecule has 5 rings (SSSR count). The average Bonchev–Trinajstić information content (AvgIpc) is 3.36. The molecule has 10 heteroatoms. The van der Waals surface area contributed by atoms with Gasteiger partial charge in [-0.15, -0.1) is 0 Å². The number of aliphatic hydroxyl groups is 2. The molecule has 1 aliphatic heterocycles. The Hall–Kier alpha value is -3.24. The molecule has 206 valence electrons. The lowest BCUT2D eigenvalue weighted by Gasteiger charge is -2.33. The Morgan fingerprint density at radius 1 is 1.21 bits per heavy atom. The zero-order valence-electron chi connectivity index (χ0n) is 21.8. The van der Waals surface area contributed by atoms with E-state index in [1.54, 1.807) is 36.5 Å². The first-order valence-electron chi connectivity index (χ1n) is 13.2. The van der Waals surface area contributed by atoms with Crippen LogP contribution < -0.4 is 10.9 Å². The van der Waals surface area contributed by atoms with Gasteiger partial charge in [0.15, 0.2) is 0 Å². The fourth-order valence-electron chi connectivity index (χ4n) is 5.37. The summed E-state index contributed by atoms with van der Waals surface area (Å²) in [7, 11) is 0. The van der Waals surface area contributed by atoms with Crippen molar-refractivity contribution < 1.29 is 14.6 Å². The number of alkyl halides is 1. The van der Waals surface area contributed by atoms with Gasteiger partial charge in [0.25, 0.3) is 5.56 Å². The summed E-state index contributed by atoms with van der Waals surface area (Å²) in [6, 6.07) is 13.0. The highest BCUT2D eigenvalue weighted by Crippen LogP contribution is 2.33. The van der Waals surface area contributed by atoms with Crippen molar-refractivity contribution in [2.75, 3.05) is 38.2 Å². The SMILES string of the molecule is Cc1cc(C2CCN(CC(O)CF)CC2)cc2[nH]c(-c3c(NC[C@@H](O)c4cccc(Cl)c4)cc[nH]c3=O)nc12. The number of fused-ring (bicyclic) bond motifs is 1. The number of hydrogen-bond donors (Lipinski definition) is 5. The van der Waals surface area contributed by atoms with E-state index in [0.717, 1.165) is 42.5 Å². The Morgan fingerprint density at radius 3 is 2.74 bits per heavy atom. The van der Waals surface area contributed by atoms with Gasteiger partial charge in [-0.25, -0.2) is 9.37 Å². The molecule has 0 aliphatic carbocycles. The molecule has 3 heterocycles. The molecule has 0 spiro atoms. The predicted molar refractivity (Wildman–Crippen MR) is 152 cm³/mol. The van der Waals surface area contributed by atoms with E-state index in [9.17, 15) is 19.4 Å². The molecule has 1 fully saturated rings. The summed E-state index contributed by atoms with van der Waals surface area (Å²) in [6.45, 7) is 3.45. The molecule has 8 nitrogen and oxygen atoms in total. The highest BCUT2D eigenvalue weighted by molar-refractivity contribution is 6.30. The summed E-state index contributed by atoms with van der Waals surface area (Å²) in [4.78, 5) is 25.9. The summed E-state index contributed by atoms with van der Waals surface area (Å²) in [6.07, 6.45) is 1.66. The van der Waals surface area contributed by atoms with Crippen LogP contribution in [0.3, 0.4) is 0 Å². The number of nitrogens with one attached hydrogen (secondary N) is 3. The van der Waals surface area contributed by atoms with Gasteiger partial charge in [-0.1, -0.05) is 29.8 Å². The van der Waals surface area contributed by atoms with Crippen LogP contribution in [0.5, 0.6) is 0 Å². The Morgan fingerprint density at radius 2 is 2.00 bits per heavy atom. The van der Waals surface area contributed by atoms with Crippen molar-refractivity contribution >= 4 is 28.3 Å². The molecular formula is C29H33ClFN5O3. The third-order valence-corrected chi connectivity index (χ3v) is 7.66. The predicted octanol–water partition coefficient (Wildman–Crippen LogP) is 4.54. The summed E-state index contributed by atoms with van der Waals surface area (Å²) in [5.41, 5.74) is 5.17. The van der Waals surface area contributed by atoms with Gasteiger partial charge < -0.3 is 30.4 Å². The topological polar surface area (TPSA) is 117 Å². The molecule has 4 aromatic rings. The van der Waals surface area contributed by atoms with Gasteiger partial charge in [0.05, 0.1) is 28.9 Å². The van der Waals surface area contributed by atoms with Crippen LogP contribution in [-0.2, 0) is 0 Å². The van der Waals surface area contributed by atoms with Crippen LogP contribution in [0.4, 0.5) is 10.1 Å². The van der Waals surface area contributed by atoms with Crippen molar-refractivity contribution in [3.8, 4) is 11.4 Å². The van der Waals surface area contributed by atoms with Gasteiger partial charge in [-0.05, 0) is 79.7 Å². The van der Waals surface area contributed by atoms with E-state index in [4.69, 9.17) is 16.6 Å². The zero-order valence-corrected chi connectivity index (χ0v) is 22.5. The number of halogens is 2. The number of nitrogens with zero attached hydrogens (tertiary/aromatic N) is 2. The number of anilines is 1. The second kappa shape index (κ2) is 11.9. The highest BCUT2D eigenvalue weighted by atomic mass is 35.5. The number of imidazole rings is 1. The first kappa shape index (κ1) is 27.3. The molecule has 2 atom stereocenters. The Balaban J connectivity index is 1.37. The summed E-state index contributed by atoms with van der Waals surface area (Å²) in [5.74, 6) is 0.797. The van der Waals surface area contributed by atoms with Crippen molar-refractivity contribution in [1.82, 2.24) is 19.9 Å². The van der Waals surface area contributed by atoms with E-state index >= 15 is 0 Å². The molecule has 39 heavy (non-hydrogen) atoms. The normalized spacial score (nSPS) is 16.4. The Kier molecular flexibility index (Phi) is 8.32. The zero-order chi connectivity index (χ0) is 27.5. The van der Waals surface area contributed by atoms with Gasteiger partial charge in [0, 0.05) is 24.3 Å². The van der Waals surface area contributed by atoms with Gasteiger partial charge in [0.2, 0.25) is 0 Å². The maximum Gasteiger partial charge on any atom is 0.261 e. The van der Waals surface area contributed by atoms with Crippen molar-refractivity contribution in [2.24, 2.45) is 0 Å². The number of aryl methyl sites for hydroxylation is 1. The number of likely N-dealkylation sites (tertiary alicyclic amines) is 1. The minimum Gasteiger partial charge on any atom is -0.389 e. The van der Waals surface area contributed by atoms with Crippen LogP contribution >= 0.6 is 11.6 Å². The van der Waals surface area contributed by atoms with Gasteiger partial charge in [0.1, 0.15) is 18.1 Å². The van der Waals surface area contributed by atoms with Crippen molar-refractivity contribution in [2.45, 2.75) is 37.9 Å². The van der Waals surface area contributed by atoms with Crippen LogP contribution in [0.15, 0.2) is 53.5 Å². The lowest BCUT2D eigenvalue weighted by molar-refractivity contribution is 0.0780. The second-order valence-electron chi connectivity index (χ2n) is 10.2. The number of aliphatic hydroxyl groups excluding tert-OH is 2. The lowest BCUT2D eigenvalue weighted by atomic mass is 9.88. The minimum atomic E-state index is -0.927. The highest BCUT2D eigenvalue weighted by Gasteiger charge is 2.24. The van der Waals surface area contributed by atoms with Crippen LogP contribution in [0.1, 0.15) is 41.6 Å². The van der Waals surface area contributed by atoms with E-state index < -0.39 is 18.9 Å². The van der Waals surface area contributed by atoms with E-state index in [1.807, 2.05) is 6.92 Å². The van der Waals surface area contributed by atoms with E-state index in [1.165, 1.54) is 5.56 Å². The summed E-state index contributed by atoms with van der Waals surface area (Å²) >= 11 is 6.06. The van der Waals surface area contributed by atoms with Crippen LogP contribution in [0.25, 0.3) is 22.4 Å². The third-order valence-electron chi connectivity index (χ3n) is 7.42. The van der Waals surface area contributed by atoms with Crippen LogP contribution in [-0.4, -0.2) is 69.0 Å². The first-order chi connectivity index (χ1) is 18.8. The number of H-pyrrole nitrogens is 2. The second-order valence-corrected chi connectivity index (χ2v) is 10.7.